The van der Waals surface area contributed by atoms with Crippen molar-refractivity contribution in [3.63, 3.8) is 0 Å². The molecule has 1 rings (SSSR count). The molecule has 0 fully saturated rings. The zero-order chi connectivity index (χ0) is 16.4. The van der Waals surface area contributed by atoms with E-state index in [9.17, 15) is 9.59 Å². The quantitative estimate of drug-likeness (QED) is 0.640. The molecule has 0 amide bonds. The second kappa shape index (κ2) is 9.98. The van der Waals surface area contributed by atoms with Gasteiger partial charge in [0.25, 0.3) is 0 Å². The molecule has 4 heteroatoms. The van der Waals surface area contributed by atoms with Crippen LogP contribution in [0.5, 0.6) is 0 Å². The van der Waals surface area contributed by atoms with Crippen molar-refractivity contribution in [2.75, 3.05) is 13.2 Å². The largest absolute Gasteiger partial charge is 0.462 e. The first-order valence-corrected chi connectivity index (χ1v) is 8.07. The lowest BCUT2D eigenvalue weighted by molar-refractivity contribution is 0.0409. The molecule has 0 radical (unpaired) electrons. The fourth-order valence-corrected chi connectivity index (χ4v) is 2.22. The SMILES string of the molecule is CCCCC(CC)COC(=O)c1ccccc1C(=O)OCC. The summed E-state index contributed by atoms with van der Waals surface area (Å²) in [6.07, 6.45) is 4.30. The monoisotopic (exact) mass is 306 g/mol. The van der Waals surface area contributed by atoms with Crippen molar-refractivity contribution in [3.05, 3.63) is 35.4 Å². The second-order valence-corrected chi connectivity index (χ2v) is 5.28. The van der Waals surface area contributed by atoms with E-state index in [0.717, 1.165) is 25.7 Å². The van der Waals surface area contributed by atoms with Crippen LogP contribution in [-0.4, -0.2) is 25.2 Å². The predicted molar refractivity (Wildman–Crippen MR) is 86.0 cm³/mol. The minimum Gasteiger partial charge on any atom is -0.462 e. The summed E-state index contributed by atoms with van der Waals surface area (Å²) in [5.74, 6) is -0.578. The Hall–Kier alpha value is -1.84. The first kappa shape index (κ1) is 18.2. The molecule has 0 aliphatic heterocycles. The molecule has 1 aromatic rings. The van der Waals surface area contributed by atoms with Gasteiger partial charge in [0, 0.05) is 0 Å². The Balaban J connectivity index is 2.71. The molecule has 1 aromatic carbocycles. The van der Waals surface area contributed by atoms with E-state index in [0.29, 0.717) is 12.5 Å². The van der Waals surface area contributed by atoms with Gasteiger partial charge in [-0.3, -0.25) is 0 Å². The summed E-state index contributed by atoms with van der Waals surface area (Å²) in [4.78, 5) is 24.1. The molecular formula is C18H26O4. The van der Waals surface area contributed by atoms with Gasteiger partial charge in [-0.2, -0.15) is 0 Å². The highest BCUT2D eigenvalue weighted by Crippen LogP contribution is 2.16. The van der Waals surface area contributed by atoms with Gasteiger partial charge < -0.3 is 9.47 Å². The van der Waals surface area contributed by atoms with E-state index in [1.165, 1.54) is 0 Å². The van der Waals surface area contributed by atoms with E-state index < -0.39 is 11.9 Å². The minimum atomic E-state index is -0.493. The summed E-state index contributed by atoms with van der Waals surface area (Å²) >= 11 is 0. The molecule has 0 aliphatic carbocycles. The van der Waals surface area contributed by atoms with Gasteiger partial charge in [0.1, 0.15) is 0 Å². The van der Waals surface area contributed by atoms with Crippen molar-refractivity contribution in [1.82, 2.24) is 0 Å². The molecule has 4 nitrogen and oxygen atoms in total. The number of carbonyl (C=O) groups excluding carboxylic acids is 2. The summed E-state index contributed by atoms with van der Waals surface area (Å²) in [6.45, 7) is 6.65. The van der Waals surface area contributed by atoms with Gasteiger partial charge in [0.2, 0.25) is 0 Å². The lowest BCUT2D eigenvalue weighted by Gasteiger charge is -2.15. The first-order valence-electron chi connectivity index (χ1n) is 8.07. The zero-order valence-electron chi connectivity index (χ0n) is 13.8. The van der Waals surface area contributed by atoms with Gasteiger partial charge in [-0.15, -0.1) is 0 Å². The lowest BCUT2D eigenvalue weighted by atomic mass is 10.0. The molecule has 0 saturated heterocycles. The molecule has 0 aliphatic rings. The fraction of sp³-hybridized carbons (Fsp3) is 0.556. The molecule has 22 heavy (non-hydrogen) atoms. The third kappa shape index (κ3) is 5.51. The third-order valence-electron chi connectivity index (χ3n) is 3.64. The van der Waals surface area contributed by atoms with Crippen LogP contribution in [0.4, 0.5) is 0 Å². The van der Waals surface area contributed by atoms with Gasteiger partial charge in [-0.05, 0) is 31.4 Å². The molecule has 0 bridgehead atoms. The Morgan fingerprint density at radius 2 is 1.59 bits per heavy atom. The Morgan fingerprint density at radius 1 is 1.00 bits per heavy atom. The summed E-state index contributed by atoms with van der Waals surface area (Å²) in [7, 11) is 0. The highest BCUT2D eigenvalue weighted by Gasteiger charge is 2.19. The van der Waals surface area contributed by atoms with Crippen molar-refractivity contribution < 1.29 is 19.1 Å². The average Bonchev–Trinajstić information content (AvgIpc) is 2.55. The molecule has 0 heterocycles. The van der Waals surface area contributed by atoms with Crippen molar-refractivity contribution in [1.29, 1.82) is 0 Å². The number of hydrogen-bond acceptors (Lipinski definition) is 4. The van der Waals surface area contributed by atoms with Crippen LogP contribution >= 0.6 is 0 Å². The maximum atomic E-state index is 12.2. The van der Waals surface area contributed by atoms with E-state index >= 15 is 0 Å². The number of ether oxygens (including phenoxy) is 2. The zero-order valence-corrected chi connectivity index (χ0v) is 13.8. The molecule has 0 saturated carbocycles. The molecule has 122 valence electrons. The van der Waals surface area contributed by atoms with Crippen LogP contribution in [0.1, 0.15) is 67.2 Å². The first-order chi connectivity index (χ1) is 10.6. The lowest BCUT2D eigenvalue weighted by Crippen LogP contribution is -2.17. The standard InChI is InChI=1S/C18H26O4/c1-4-7-10-14(5-2)13-22-18(20)16-12-9-8-11-15(16)17(19)21-6-3/h8-9,11-12,14H,4-7,10,13H2,1-3H3. The van der Waals surface area contributed by atoms with Gasteiger partial charge in [-0.1, -0.05) is 45.2 Å². The summed E-state index contributed by atoms with van der Waals surface area (Å²) in [5, 5.41) is 0. The average molecular weight is 306 g/mol. The predicted octanol–water partition coefficient (Wildman–Crippen LogP) is 4.24. The molecule has 0 aromatic heterocycles. The number of hydrogen-bond donors (Lipinski definition) is 0. The summed E-state index contributed by atoms with van der Waals surface area (Å²) < 4.78 is 10.4. The highest BCUT2D eigenvalue weighted by atomic mass is 16.5. The summed E-state index contributed by atoms with van der Waals surface area (Å²) in [5.41, 5.74) is 0.530. The van der Waals surface area contributed by atoms with E-state index in [2.05, 4.69) is 13.8 Å². The Labute approximate surface area is 132 Å². The summed E-state index contributed by atoms with van der Waals surface area (Å²) in [6, 6.07) is 6.61. The van der Waals surface area contributed by atoms with E-state index in [1.54, 1.807) is 31.2 Å². The number of esters is 2. The van der Waals surface area contributed by atoms with Crippen LogP contribution in [0.15, 0.2) is 24.3 Å². The number of carbonyl (C=O) groups is 2. The van der Waals surface area contributed by atoms with Crippen LogP contribution in [0.25, 0.3) is 0 Å². The molecule has 1 atom stereocenters. The fourth-order valence-electron chi connectivity index (χ4n) is 2.22. The van der Waals surface area contributed by atoms with Crippen molar-refractivity contribution in [2.45, 2.75) is 46.5 Å². The smallest absolute Gasteiger partial charge is 0.339 e. The van der Waals surface area contributed by atoms with Crippen molar-refractivity contribution in [3.8, 4) is 0 Å². The number of unbranched alkanes of at least 4 members (excludes halogenated alkanes) is 1. The number of rotatable bonds is 9. The second-order valence-electron chi connectivity index (χ2n) is 5.28. The molecular weight excluding hydrogens is 280 g/mol. The van der Waals surface area contributed by atoms with Crippen LogP contribution in [0.3, 0.4) is 0 Å². The normalized spacial score (nSPS) is 11.8. The molecule has 0 spiro atoms. The van der Waals surface area contributed by atoms with Crippen LogP contribution in [0.2, 0.25) is 0 Å². The van der Waals surface area contributed by atoms with Crippen LogP contribution in [-0.2, 0) is 9.47 Å². The van der Waals surface area contributed by atoms with Crippen LogP contribution in [0, 0.1) is 5.92 Å². The van der Waals surface area contributed by atoms with Crippen molar-refractivity contribution >= 4 is 11.9 Å². The van der Waals surface area contributed by atoms with Crippen molar-refractivity contribution in [2.24, 2.45) is 5.92 Å². The van der Waals surface area contributed by atoms with E-state index in [4.69, 9.17) is 9.47 Å². The van der Waals surface area contributed by atoms with E-state index in [1.807, 2.05) is 0 Å². The Morgan fingerprint density at radius 3 is 2.09 bits per heavy atom. The third-order valence-corrected chi connectivity index (χ3v) is 3.64. The minimum absolute atomic E-state index is 0.260. The van der Waals surface area contributed by atoms with Gasteiger partial charge in [-0.25, -0.2) is 9.59 Å². The van der Waals surface area contributed by atoms with Gasteiger partial charge in [0.05, 0.1) is 24.3 Å². The Bertz CT molecular complexity index is 482. The molecule has 1 unspecified atom stereocenters. The van der Waals surface area contributed by atoms with E-state index in [-0.39, 0.29) is 17.7 Å². The topological polar surface area (TPSA) is 52.6 Å². The maximum absolute atomic E-state index is 12.2. The Kier molecular flexibility index (Phi) is 8.26. The maximum Gasteiger partial charge on any atom is 0.339 e. The molecule has 0 N–H and O–H groups in total. The van der Waals surface area contributed by atoms with Gasteiger partial charge in [0.15, 0.2) is 0 Å². The highest BCUT2D eigenvalue weighted by molar-refractivity contribution is 6.03. The number of benzene rings is 1. The van der Waals surface area contributed by atoms with Gasteiger partial charge >= 0.3 is 11.9 Å². The van der Waals surface area contributed by atoms with Crippen LogP contribution < -0.4 is 0 Å².